The van der Waals surface area contributed by atoms with Crippen molar-refractivity contribution in [1.82, 2.24) is 16.0 Å². The molecule has 14 heteroatoms. The van der Waals surface area contributed by atoms with E-state index in [1.54, 1.807) is 50.2 Å². The van der Waals surface area contributed by atoms with Gasteiger partial charge in [0.1, 0.15) is 23.9 Å². The summed E-state index contributed by atoms with van der Waals surface area (Å²) in [5.41, 5.74) is 30.9. The van der Waals surface area contributed by atoms with Crippen molar-refractivity contribution >= 4 is 29.6 Å². The second-order valence-corrected chi connectivity index (χ2v) is 11.0. The molecule has 2 rings (SSSR count). The van der Waals surface area contributed by atoms with Crippen LogP contribution in [0, 0.1) is 13.8 Å². The van der Waals surface area contributed by atoms with Crippen LogP contribution in [0.4, 0.5) is 0 Å². The Bertz CT molecular complexity index is 1310. The standard InChI is InChI=1S/C31H47N9O5/c1-18-14-21(15-19(2)26(18)41)16-22(33)28(43)39-24(11-7-13-37-31(35)36)29(44)40-25(17-20-8-4-3-5-9-20)30(45)38-23(27(34)42)10-6-12-32/h3-5,8-9,14-15,22-25,41H,6-7,10-13,16-17,32-33H2,1-2H3,(H2,34,42)(H,38,45)(H,39,43)(H,40,44)(H4,35,36,37)/t22-,23-,24+,25-/m0/s1. The van der Waals surface area contributed by atoms with Gasteiger partial charge >= 0.3 is 0 Å². The zero-order valence-corrected chi connectivity index (χ0v) is 25.9. The lowest BCUT2D eigenvalue weighted by Gasteiger charge is -2.25. The number of amides is 4. The highest BCUT2D eigenvalue weighted by molar-refractivity contribution is 5.94. The van der Waals surface area contributed by atoms with Crippen molar-refractivity contribution in [1.29, 1.82) is 0 Å². The number of nitrogens with two attached hydrogens (primary N) is 5. The van der Waals surface area contributed by atoms with Gasteiger partial charge in [-0.25, -0.2) is 0 Å². The van der Waals surface area contributed by atoms with E-state index in [2.05, 4.69) is 20.9 Å². The Morgan fingerprint density at radius 1 is 0.778 bits per heavy atom. The van der Waals surface area contributed by atoms with Crippen LogP contribution in [0.25, 0.3) is 0 Å². The van der Waals surface area contributed by atoms with Gasteiger partial charge in [-0.2, -0.15) is 0 Å². The molecule has 4 amide bonds. The van der Waals surface area contributed by atoms with Gasteiger partial charge in [0.25, 0.3) is 0 Å². The Balaban J connectivity index is 2.26. The molecule has 0 aliphatic carbocycles. The lowest BCUT2D eigenvalue weighted by atomic mass is 9.99. The van der Waals surface area contributed by atoms with Gasteiger partial charge < -0.3 is 49.7 Å². The number of hydrogen-bond donors (Lipinski definition) is 9. The molecular formula is C31H47N9O5. The summed E-state index contributed by atoms with van der Waals surface area (Å²) < 4.78 is 0. The summed E-state index contributed by atoms with van der Waals surface area (Å²) in [5.74, 6) is -2.50. The molecule has 4 atom stereocenters. The molecule has 0 fully saturated rings. The molecule has 0 aliphatic heterocycles. The molecule has 2 aromatic rings. The van der Waals surface area contributed by atoms with Crippen molar-refractivity contribution in [3.8, 4) is 5.75 Å². The van der Waals surface area contributed by atoms with Gasteiger partial charge in [0, 0.05) is 13.0 Å². The summed E-state index contributed by atoms with van der Waals surface area (Å²) in [6.45, 7) is 4.01. The number of hydrogen-bond acceptors (Lipinski definition) is 8. The minimum absolute atomic E-state index is 0.106. The van der Waals surface area contributed by atoms with E-state index < -0.39 is 47.8 Å². The average molecular weight is 626 g/mol. The number of nitrogens with one attached hydrogen (secondary N) is 3. The smallest absolute Gasteiger partial charge is 0.243 e. The van der Waals surface area contributed by atoms with Crippen LogP contribution in [0.2, 0.25) is 0 Å². The number of primary amides is 1. The number of aliphatic imine (C=N–C) groups is 1. The number of rotatable bonds is 18. The van der Waals surface area contributed by atoms with Crippen LogP contribution >= 0.6 is 0 Å². The Hall–Kier alpha value is -4.69. The monoisotopic (exact) mass is 625 g/mol. The summed E-state index contributed by atoms with van der Waals surface area (Å²) in [6.07, 6.45) is 1.43. The van der Waals surface area contributed by atoms with Crippen LogP contribution in [-0.2, 0) is 32.0 Å². The molecule has 0 heterocycles. The lowest BCUT2D eigenvalue weighted by molar-refractivity contribution is -0.133. The van der Waals surface area contributed by atoms with Crippen LogP contribution < -0.4 is 44.6 Å². The molecule has 0 spiro atoms. The number of phenols is 1. The minimum Gasteiger partial charge on any atom is -0.507 e. The third-order valence-electron chi connectivity index (χ3n) is 7.19. The number of carbonyl (C=O) groups is 4. The Morgan fingerprint density at radius 3 is 1.91 bits per heavy atom. The first-order chi connectivity index (χ1) is 21.3. The zero-order valence-electron chi connectivity index (χ0n) is 25.9. The molecule has 0 unspecified atom stereocenters. The van der Waals surface area contributed by atoms with E-state index in [-0.39, 0.29) is 43.9 Å². The molecule has 0 saturated carbocycles. The third kappa shape index (κ3) is 12.4. The van der Waals surface area contributed by atoms with Gasteiger partial charge in [0.05, 0.1) is 6.04 Å². The number of guanidine groups is 1. The van der Waals surface area contributed by atoms with Gasteiger partial charge in [-0.15, -0.1) is 0 Å². The van der Waals surface area contributed by atoms with E-state index in [4.69, 9.17) is 28.7 Å². The van der Waals surface area contributed by atoms with E-state index in [0.29, 0.717) is 30.5 Å². The first-order valence-corrected chi connectivity index (χ1v) is 14.9. The number of nitrogens with zero attached hydrogens (tertiary/aromatic N) is 1. The Morgan fingerprint density at radius 2 is 1.33 bits per heavy atom. The normalized spacial score (nSPS) is 13.5. The second kappa shape index (κ2) is 18.2. The summed E-state index contributed by atoms with van der Waals surface area (Å²) in [7, 11) is 0. The van der Waals surface area contributed by atoms with Crippen LogP contribution in [0.1, 0.15) is 47.9 Å². The number of carbonyl (C=O) groups excluding carboxylic acids is 4. The fourth-order valence-electron chi connectivity index (χ4n) is 4.77. The summed E-state index contributed by atoms with van der Waals surface area (Å²) in [5, 5.41) is 18.1. The van der Waals surface area contributed by atoms with Crippen LogP contribution in [0.5, 0.6) is 5.75 Å². The second-order valence-electron chi connectivity index (χ2n) is 11.0. The van der Waals surface area contributed by atoms with Crippen molar-refractivity contribution in [2.24, 2.45) is 33.7 Å². The van der Waals surface area contributed by atoms with Crippen LogP contribution in [0.3, 0.4) is 0 Å². The molecular weight excluding hydrogens is 578 g/mol. The van der Waals surface area contributed by atoms with E-state index >= 15 is 0 Å². The number of benzene rings is 2. The highest BCUT2D eigenvalue weighted by atomic mass is 16.3. The Labute approximate surface area is 263 Å². The maximum absolute atomic E-state index is 13.6. The first-order valence-electron chi connectivity index (χ1n) is 14.9. The summed E-state index contributed by atoms with van der Waals surface area (Å²) in [4.78, 5) is 56.2. The van der Waals surface area contributed by atoms with Crippen LogP contribution in [0.15, 0.2) is 47.5 Å². The molecule has 14 N–H and O–H groups in total. The summed E-state index contributed by atoms with van der Waals surface area (Å²) in [6, 6.07) is 8.32. The topological polar surface area (TPSA) is 267 Å². The minimum atomic E-state index is -1.10. The SMILES string of the molecule is Cc1cc(C[C@H](N)C(=O)N[C@H](CCCN=C(N)N)C(=O)N[C@@H](Cc2ccccc2)C(=O)N[C@@H](CCCN)C(N)=O)cc(C)c1O. The predicted octanol–water partition coefficient (Wildman–Crippen LogP) is -1.15. The van der Waals surface area contributed by atoms with Crippen molar-refractivity contribution in [2.75, 3.05) is 13.1 Å². The molecule has 14 nitrogen and oxygen atoms in total. The maximum atomic E-state index is 13.6. The molecule has 0 aliphatic rings. The van der Waals surface area contributed by atoms with Crippen molar-refractivity contribution in [3.05, 3.63) is 64.7 Å². The largest absolute Gasteiger partial charge is 0.507 e. The fraction of sp³-hybridized carbons (Fsp3) is 0.452. The number of aromatic hydroxyl groups is 1. The molecule has 0 aromatic heterocycles. The van der Waals surface area contributed by atoms with Crippen molar-refractivity contribution in [2.45, 2.75) is 76.5 Å². The van der Waals surface area contributed by atoms with E-state index in [9.17, 15) is 24.3 Å². The lowest BCUT2D eigenvalue weighted by Crippen LogP contribution is -2.58. The maximum Gasteiger partial charge on any atom is 0.243 e. The van der Waals surface area contributed by atoms with Gasteiger partial charge in [-0.05, 0) is 74.8 Å². The molecule has 2 aromatic carbocycles. The van der Waals surface area contributed by atoms with Gasteiger partial charge in [-0.1, -0.05) is 42.5 Å². The van der Waals surface area contributed by atoms with Gasteiger partial charge in [0.15, 0.2) is 5.96 Å². The van der Waals surface area contributed by atoms with E-state index in [1.807, 2.05) is 6.07 Å². The third-order valence-corrected chi connectivity index (χ3v) is 7.19. The van der Waals surface area contributed by atoms with E-state index in [0.717, 1.165) is 11.1 Å². The highest BCUT2D eigenvalue weighted by Gasteiger charge is 2.30. The van der Waals surface area contributed by atoms with Crippen molar-refractivity contribution < 1.29 is 24.3 Å². The zero-order chi connectivity index (χ0) is 33.5. The highest BCUT2D eigenvalue weighted by Crippen LogP contribution is 2.23. The van der Waals surface area contributed by atoms with E-state index in [1.165, 1.54) is 0 Å². The molecule has 0 radical (unpaired) electrons. The molecule has 246 valence electrons. The summed E-state index contributed by atoms with van der Waals surface area (Å²) >= 11 is 0. The quantitative estimate of drug-likeness (QED) is 0.0549. The average Bonchev–Trinajstić information content (AvgIpc) is 2.99. The molecule has 0 bridgehead atoms. The number of phenolic OH excluding ortho intramolecular Hbond substituents is 1. The number of aryl methyl sites for hydroxylation is 2. The van der Waals surface area contributed by atoms with Gasteiger partial charge in [0.2, 0.25) is 23.6 Å². The van der Waals surface area contributed by atoms with Crippen LogP contribution in [-0.4, -0.2) is 72.0 Å². The first kappa shape index (κ1) is 36.5. The molecule has 0 saturated heterocycles. The molecule has 45 heavy (non-hydrogen) atoms. The Kier molecular flexibility index (Phi) is 14.8. The fourth-order valence-corrected chi connectivity index (χ4v) is 4.77. The predicted molar refractivity (Wildman–Crippen MR) is 173 cm³/mol. The van der Waals surface area contributed by atoms with Crippen molar-refractivity contribution in [3.63, 3.8) is 0 Å². The van der Waals surface area contributed by atoms with Gasteiger partial charge in [-0.3, -0.25) is 24.2 Å².